The number of nitrogens with zero attached hydrogens (tertiary/aromatic N) is 2. The zero-order chi connectivity index (χ0) is 11.5. The van der Waals surface area contributed by atoms with Gasteiger partial charge in [-0.15, -0.1) is 0 Å². The van der Waals surface area contributed by atoms with Gasteiger partial charge in [0.1, 0.15) is 0 Å². The Hall–Kier alpha value is -1.62. The molecule has 2 rings (SSSR count). The highest BCUT2D eigenvalue weighted by Crippen LogP contribution is 2.19. The number of nitrogens with one attached hydrogen (secondary N) is 1. The summed E-state index contributed by atoms with van der Waals surface area (Å²) < 4.78 is 0. The summed E-state index contributed by atoms with van der Waals surface area (Å²) in [5.41, 5.74) is 6.45. The molecule has 2 atom stereocenters. The normalized spacial score (nSPS) is 22.0. The van der Waals surface area contributed by atoms with Crippen molar-refractivity contribution in [3.8, 4) is 0 Å². The van der Waals surface area contributed by atoms with Crippen molar-refractivity contribution in [2.24, 2.45) is 5.73 Å². The summed E-state index contributed by atoms with van der Waals surface area (Å²) in [5.74, 6) is 0. The lowest BCUT2D eigenvalue weighted by Gasteiger charge is -2.21. The molecule has 2 unspecified atom stereocenters. The molecule has 0 bridgehead atoms. The van der Waals surface area contributed by atoms with E-state index in [1.807, 2.05) is 25.1 Å². The smallest absolute Gasteiger partial charge is 0.318 e. The second-order valence-electron chi connectivity index (χ2n) is 3.99. The maximum Gasteiger partial charge on any atom is 0.318 e. The summed E-state index contributed by atoms with van der Waals surface area (Å²) in [6.07, 6.45) is 1.73. The van der Waals surface area contributed by atoms with Gasteiger partial charge in [0.15, 0.2) is 0 Å². The highest BCUT2D eigenvalue weighted by Gasteiger charge is 2.32. The molecule has 16 heavy (non-hydrogen) atoms. The first-order valence-corrected chi connectivity index (χ1v) is 5.40. The molecule has 1 aliphatic heterocycles. The minimum atomic E-state index is -0.0615. The van der Waals surface area contributed by atoms with Crippen molar-refractivity contribution in [3.05, 3.63) is 30.1 Å². The maximum atomic E-state index is 11.7. The van der Waals surface area contributed by atoms with Gasteiger partial charge in [0, 0.05) is 25.3 Å². The molecule has 5 nitrogen and oxygen atoms in total. The van der Waals surface area contributed by atoms with Gasteiger partial charge in [-0.3, -0.25) is 4.98 Å². The predicted molar refractivity (Wildman–Crippen MR) is 60.7 cm³/mol. The monoisotopic (exact) mass is 220 g/mol. The van der Waals surface area contributed by atoms with Crippen LogP contribution in [0.2, 0.25) is 0 Å². The number of carbonyl (C=O) groups is 1. The number of hydrogen-bond acceptors (Lipinski definition) is 3. The lowest BCUT2D eigenvalue weighted by atomic mass is 10.2. The summed E-state index contributed by atoms with van der Waals surface area (Å²) in [4.78, 5) is 17.7. The first kappa shape index (κ1) is 10.9. The molecule has 0 saturated carbocycles. The van der Waals surface area contributed by atoms with E-state index in [9.17, 15) is 4.79 Å². The van der Waals surface area contributed by atoms with Crippen LogP contribution in [0, 0.1) is 0 Å². The molecule has 3 N–H and O–H groups in total. The van der Waals surface area contributed by atoms with Gasteiger partial charge in [-0.05, 0) is 19.1 Å². The largest absolute Gasteiger partial charge is 0.328 e. The van der Waals surface area contributed by atoms with Crippen LogP contribution < -0.4 is 11.1 Å². The number of pyridine rings is 1. The van der Waals surface area contributed by atoms with Crippen molar-refractivity contribution in [1.29, 1.82) is 0 Å². The number of hydrogen-bond donors (Lipinski definition) is 2. The van der Waals surface area contributed by atoms with E-state index in [-0.39, 0.29) is 18.1 Å². The van der Waals surface area contributed by atoms with E-state index < -0.39 is 0 Å². The van der Waals surface area contributed by atoms with Gasteiger partial charge in [-0.1, -0.05) is 6.07 Å². The first-order chi connectivity index (χ1) is 7.72. The number of nitrogens with two attached hydrogens (primary N) is 1. The van der Waals surface area contributed by atoms with Gasteiger partial charge < -0.3 is 16.0 Å². The fraction of sp³-hybridized carbons (Fsp3) is 0.455. The Labute approximate surface area is 94.6 Å². The van der Waals surface area contributed by atoms with Crippen molar-refractivity contribution in [1.82, 2.24) is 15.2 Å². The van der Waals surface area contributed by atoms with Crippen LogP contribution in [0.25, 0.3) is 0 Å². The van der Waals surface area contributed by atoms with Crippen LogP contribution in [0.15, 0.2) is 24.4 Å². The Bertz CT molecular complexity index is 368. The lowest BCUT2D eigenvalue weighted by molar-refractivity contribution is 0.203. The Balaban J connectivity index is 2.10. The fourth-order valence-electron chi connectivity index (χ4n) is 1.81. The van der Waals surface area contributed by atoms with Gasteiger partial charge in [0.05, 0.1) is 11.7 Å². The van der Waals surface area contributed by atoms with E-state index in [1.54, 1.807) is 11.1 Å². The van der Waals surface area contributed by atoms with Crippen molar-refractivity contribution in [2.75, 3.05) is 13.1 Å². The van der Waals surface area contributed by atoms with Crippen molar-refractivity contribution >= 4 is 6.03 Å². The second kappa shape index (κ2) is 4.49. The van der Waals surface area contributed by atoms with Crippen LogP contribution in [0.5, 0.6) is 0 Å². The lowest BCUT2D eigenvalue weighted by Crippen LogP contribution is -2.40. The van der Waals surface area contributed by atoms with Crippen LogP contribution in [-0.2, 0) is 0 Å². The molecule has 0 radical (unpaired) electrons. The van der Waals surface area contributed by atoms with Gasteiger partial charge in [-0.2, -0.15) is 0 Å². The zero-order valence-corrected chi connectivity index (χ0v) is 9.26. The zero-order valence-electron chi connectivity index (χ0n) is 9.26. The summed E-state index contributed by atoms with van der Waals surface area (Å²) in [5, 5.41) is 2.90. The third-order valence-electron chi connectivity index (χ3n) is 2.86. The molecule has 0 spiro atoms. The minimum absolute atomic E-state index is 0.0253. The third kappa shape index (κ3) is 1.99. The van der Waals surface area contributed by atoms with Gasteiger partial charge >= 0.3 is 6.03 Å². The number of rotatable bonds is 3. The average molecular weight is 220 g/mol. The number of aromatic nitrogens is 1. The quantitative estimate of drug-likeness (QED) is 0.779. The standard InChI is InChI=1S/C11H16N4O/c1-8(6-12)15-7-10(14-11(15)16)9-4-2-3-5-13-9/h2-5,8,10H,6-7,12H2,1H3,(H,14,16). The van der Waals surface area contributed by atoms with Gasteiger partial charge in [0.25, 0.3) is 0 Å². The molecular weight excluding hydrogens is 204 g/mol. The predicted octanol–water partition coefficient (Wildman–Crippen LogP) is 0.495. The van der Waals surface area contributed by atoms with E-state index in [1.165, 1.54) is 0 Å². The first-order valence-electron chi connectivity index (χ1n) is 5.40. The van der Waals surface area contributed by atoms with Crippen LogP contribution in [0.4, 0.5) is 4.79 Å². The SMILES string of the molecule is CC(CN)N1CC(c2ccccn2)NC1=O. The topological polar surface area (TPSA) is 71.2 Å². The van der Waals surface area contributed by atoms with E-state index in [0.717, 1.165) is 5.69 Å². The minimum Gasteiger partial charge on any atom is -0.328 e. The summed E-state index contributed by atoms with van der Waals surface area (Å²) in [6, 6.07) is 5.68. The van der Waals surface area contributed by atoms with E-state index in [2.05, 4.69) is 10.3 Å². The maximum absolute atomic E-state index is 11.7. The van der Waals surface area contributed by atoms with Gasteiger partial charge in [-0.25, -0.2) is 4.79 Å². The average Bonchev–Trinajstić information content (AvgIpc) is 2.71. The molecule has 1 aliphatic rings. The molecule has 1 fully saturated rings. The Kier molecular flexibility index (Phi) is 3.05. The third-order valence-corrected chi connectivity index (χ3v) is 2.86. The summed E-state index contributed by atoms with van der Waals surface area (Å²) >= 11 is 0. The Morgan fingerprint density at radius 1 is 1.69 bits per heavy atom. The van der Waals surface area contributed by atoms with Crippen molar-refractivity contribution in [2.45, 2.75) is 19.0 Å². The molecule has 1 saturated heterocycles. The van der Waals surface area contributed by atoms with Crippen LogP contribution in [0.1, 0.15) is 18.7 Å². The second-order valence-corrected chi connectivity index (χ2v) is 3.99. The Morgan fingerprint density at radius 2 is 2.50 bits per heavy atom. The number of amides is 2. The molecule has 2 heterocycles. The Morgan fingerprint density at radius 3 is 3.12 bits per heavy atom. The van der Waals surface area contributed by atoms with Crippen molar-refractivity contribution in [3.63, 3.8) is 0 Å². The summed E-state index contributed by atoms with van der Waals surface area (Å²) in [6.45, 7) is 3.05. The molecule has 1 aromatic heterocycles. The fourth-order valence-corrected chi connectivity index (χ4v) is 1.81. The van der Waals surface area contributed by atoms with E-state index in [0.29, 0.717) is 13.1 Å². The van der Waals surface area contributed by atoms with Crippen LogP contribution in [-0.4, -0.2) is 35.0 Å². The molecule has 2 amide bonds. The molecule has 5 heteroatoms. The highest BCUT2D eigenvalue weighted by atomic mass is 16.2. The van der Waals surface area contributed by atoms with Crippen LogP contribution >= 0.6 is 0 Å². The molecule has 0 aromatic carbocycles. The summed E-state index contributed by atoms with van der Waals surface area (Å²) in [7, 11) is 0. The molecule has 1 aromatic rings. The van der Waals surface area contributed by atoms with Crippen LogP contribution in [0.3, 0.4) is 0 Å². The van der Waals surface area contributed by atoms with E-state index in [4.69, 9.17) is 5.73 Å². The molecular formula is C11H16N4O. The molecule has 0 aliphatic carbocycles. The number of urea groups is 1. The highest BCUT2D eigenvalue weighted by molar-refractivity contribution is 5.77. The number of carbonyl (C=O) groups excluding carboxylic acids is 1. The van der Waals surface area contributed by atoms with E-state index >= 15 is 0 Å². The molecule has 86 valence electrons. The van der Waals surface area contributed by atoms with Crippen molar-refractivity contribution < 1.29 is 4.79 Å². The van der Waals surface area contributed by atoms with Gasteiger partial charge in [0.2, 0.25) is 0 Å².